The Bertz CT molecular complexity index is 158. The van der Waals surface area contributed by atoms with E-state index in [9.17, 15) is 0 Å². The maximum atomic E-state index is 8.89. The van der Waals surface area contributed by atoms with Crippen LogP contribution in [-0.4, -0.2) is 29.7 Å². The van der Waals surface area contributed by atoms with Gasteiger partial charge in [-0.25, -0.2) is 0 Å². The summed E-state index contributed by atoms with van der Waals surface area (Å²) in [5.41, 5.74) is 5.16. The van der Waals surface area contributed by atoms with Crippen molar-refractivity contribution in [3.8, 4) is 0 Å². The molecule has 17 heavy (non-hydrogen) atoms. The molecule has 106 valence electrons. The van der Waals surface area contributed by atoms with Crippen LogP contribution in [-0.2, 0) is 30.0 Å². The molecule has 0 radical (unpaired) electrons. The number of hydrogen-bond acceptors (Lipinski definition) is 6. The van der Waals surface area contributed by atoms with Crippen molar-refractivity contribution in [3.63, 3.8) is 0 Å². The number of aliphatic carboxylic acids is 2. The van der Waals surface area contributed by atoms with Crippen LogP contribution in [0.15, 0.2) is 0 Å². The van der Waals surface area contributed by atoms with Crippen molar-refractivity contribution < 1.29 is 45.3 Å². The first-order valence-electron chi connectivity index (χ1n) is 5.01. The molecule has 0 saturated heterocycles. The summed E-state index contributed by atoms with van der Waals surface area (Å²) in [5, 5.41) is 26.6. The van der Waals surface area contributed by atoms with Crippen molar-refractivity contribution in [1.29, 1.82) is 0 Å². The molecule has 0 amide bonds. The van der Waals surface area contributed by atoms with Crippen molar-refractivity contribution in [2.45, 2.75) is 46.1 Å². The molecular formula is C10H21NO5Pd. The molecule has 0 aliphatic heterocycles. The number of hydrogen-bond donors (Lipinski definition) is 2. The molecule has 0 saturated carbocycles. The molecule has 0 aromatic heterocycles. The number of aliphatic hydroxyl groups excluding tert-OH is 1. The first-order valence-corrected chi connectivity index (χ1v) is 5.01. The summed E-state index contributed by atoms with van der Waals surface area (Å²) < 4.78 is 0. The Kier molecular flexibility index (Phi) is 31.2. The van der Waals surface area contributed by atoms with E-state index in [0.29, 0.717) is 6.54 Å². The molecule has 1 unspecified atom stereocenters. The van der Waals surface area contributed by atoms with Gasteiger partial charge in [-0.05, 0) is 20.3 Å². The van der Waals surface area contributed by atoms with E-state index < -0.39 is 11.9 Å². The quantitative estimate of drug-likeness (QED) is 0.570. The molecule has 6 nitrogen and oxygen atoms in total. The van der Waals surface area contributed by atoms with Gasteiger partial charge in [0.1, 0.15) is 0 Å². The molecule has 0 fully saturated rings. The molecule has 0 aromatic rings. The minimum atomic E-state index is -1.08. The van der Waals surface area contributed by atoms with Crippen LogP contribution in [0.2, 0.25) is 0 Å². The van der Waals surface area contributed by atoms with E-state index in [1.54, 1.807) is 0 Å². The first kappa shape index (κ1) is 25.4. The van der Waals surface area contributed by atoms with Gasteiger partial charge in [-0.1, -0.05) is 19.8 Å². The SMILES string of the molecule is CC(=O)[O-].CC(=O)[O-].CCCCC(O)CN.[Pd+2]. The average Bonchev–Trinajstić information content (AvgIpc) is 2.12. The smallest absolute Gasteiger partial charge is 0.550 e. The van der Waals surface area contributed by atoms with E-state index in [4.69, 9.17) is 30.6 Å². The third-order valence-electron chi connectivity index (χ3n) is 1.16. The van der Waals surface area contributed by atoms with Crippen LogP contribution >= 0.6 is 0 Å². The number of aliphatic hydroxyl groups is 1. The molecule has 0 aromatic carbocycles. The molecule has 0 spiro atoms. The zero-order valence-electron chi connectivity index (χ0n) is 10.4. The van der Waals surface area contributed by atoms with Gasteiger partial charge in [-0.2, -0.15) is 0 Å². The standard InChI is InChI=1S/C6H15NO.2C2H4O2.Pd/c1-2-3-4-6(8)5-7;2*1-2(3)4;/h6,8H,2-5,7H2,1H3;2*1H3,(H,3,4);/q;;;+2/p-2. The normalized spacial score (nSPS) is 9.47. The van der Waals surface area contributed by atoms with E-state index in [1.807, 2.05) is 0 Å². The van der Waals surface area contributed by atoms with E-state index in [1.165, 1.54) is 0 Å². The Morgan fingerprint density at radius 3 is 1.71 bits per heavy atom. The van der Waals surface area contributed by atoms with Gasteiger partial charge in [0.25, 0.3) is 0 Å². The number of carboxylic acid groups (broad SMARTS) is 2. The molecule has 0 bridgehead atoms. The van der Waals surface area contributed by atoms with Crippen LogP contribution in [0.5, 0.6) is 0 Å². The van der Waals surface area contributed by atoms with E-state index in [2.05, 4.69) is 6.92 Å². The summed E-state index contributed by atoms with van der Waals surface area (Å²) in [6.07, 6.45) is 2.80. The van der Waals surface area contributed by atoms with Gasteiger partial charge in [0, 0.05) is 18.5 Å². The molecule has 0 rings (SSSR count). The third kappa shape index (κ3) is 93.1. The fourth-order valence-electron chi connectivity index (χ4n) is 0.558. The number of unbranched alkanes of at least 4 members (excludes halogenated alkanes) is 1. The summed E-state index contributed by atoms with van der Waals surface area (Å²) in [6, 6.07) is 0. The Balaban J connectivity index is -0.0000000806. The van der Waals surface area contributed by atoms with Gasteiger partial charge >= 0.3 is 20.4 Å². The maximum Gasteiger partial charge on any atom is 2.00 e. The second-order valence-electron chi connectivity index (χ2n) is 3.01. The number of carbonyl (C=O) groups excluding carboxylic acids is 2. The molecule has 0 aliphatic carbocycles. The van der Waals surface area contributed by atoms with Gasteiger partial charge in [-0.15, -0.1) is 0 Å². The van der Waals surface area contributed by atoms with Crippen LogP contribution < -0.4 is 15.9 Å². The van der Waals surface area contributed by atoms with Crippen molar-refractivity contribution in [1.82, 2.24) is 0 Å². The molecule has 1 atom stereocenters. The Morgan fingerprint density at radius 2 is 1.53 bits per heavy atom. The zero-order chi connectivity index (χ0) is 13.6. The van der Waals surface area contributed by atoms with E-state index in [0.717, 1.165) is 33.1 Å². The second-order valence-corrected chi connectivity index (χ2v) is 3.01. The van der Waals surface area contributed by atoms with E-state index in [-0.39, 0.29) is 26.5 Å². The van der Waals surface area contributed by atoms with Crippen LogP contribution in [0.25, 0.3) is 0 Å². The van der Waals surface area contributed by atoms with Crippen LogP contribution in [0.4, 0.5) is 0 Å². The predicted octanol–water partition coefficient (Wildman–Crippen LogP) is -1.99. The molecule has 7 heteroatoms. The summed E-state index contributed by atoms with van der Waals surface area (Å²) in [5.74, 6) is -2.17. The topological polar surface area (TPSA) is 127 Å². The molecule has 0 heterocycles. The monoisotopic (exact) mass is 341 g/mol. The fraction of sp³-hybridized carbons (Fsp3) is 0.800. The van der Waals surface area contributed by atoms with Crippen molar-refractivity contribution in [3.05, 3.63) is 0 Å². The minimum Gasteiger partial charge on any atom is -0.550 e. The van der Waals surface area contributed by atoms with Gasteiger partial charge in [0.05, 0.1) is 6.10 Å². The van der Waals surface area contributed by atoms with Crippen molar-refractivity contribution >= 4 is 11.9 Å². The fourth-order valence-corrected chi connectivity index (χ4v) is 0.558. The second kappa shape index (κ2) is 20.9. The van der Waals surface area contributed by atoms with Gasteiger partial charge < -0.3 is 30.6 Å². The third-order valence-corrected chi connectivity index (χ3v) is 1.16. The summed E-state index contributed by atoms with van der Waals surface area (Å²) in [6.45, 7) is 4.45. The van der Waals surface area contributed by atoms with Crippen molar-refractivity contribution in [2.24, 2.45) is 5.73 Å². The summed E-state index contributed by atoms with van der Waals surface area (Å²) in [7, 11) is 0. The average molecular weight is 342 g/mol. The predicted molar refractivity (Wildman–Crippen MR) is 55.9 cm³/mol. The van der Waals surface area contributed by atoms with Crippen LogP contribution in [0.3, 0.4) is 0 Å². The number of nitrogens with two attached hydrogens (primary N) is 1. The van der Waals surface area contributed by atoms with Gasteiger partial charge in [0.15, 0.2) is 0 Å². The Labute approximate surface area is 116 Å². The Hall–Kier alpha value is -0.478. The zero-order valence-corrected chi connectivity index (χ0v) is 11.9. The molecule has 3 N–H and O–H groups in total. The summed E-state index contributed by atoms with van der Waals surface area (Å²) >= 11 is 0. The van der Waals surface area contributed by atoms with Gasteiger partial charge in [0.2, 0.25) is 0 Å². The Morgan fingerprint density at radius 1 is 1.24 bits per heavy atom. The van der Waals surface area contributed by atoms with Crippen LogP contribution in [0.1, 0.15) is 40.0 Å². The van der Waals surface area contributed by atoms with Crippen LogP contribution in [0, 0.1) is 0 Å². The maximum absolute atomic E-state index is 8.89. The summed E-state index contributed by atoms with van der Waals surface area (Å²) in [4.78, 5) is 17.8. The van der Waals surface area contributed by atoms with E-state index >= 15 is 0 Å². The number of carbonyl (C=O) groups is 2. The molecular weight excluding hydrogens is 321 g/mol. The molecule has 0 aliphatic rings. The first-order chi connectivity index (χ1) is 7.27. The minimum absolute atomic E-state index is 0. The van der Waals surface area contributed by atoms with Gasteiger partial charge in [-0.3, -0.25) is 0 Å². The van der Waals surface area contributed by atoms with Crippen molar-refractivity contribution in [2.75, 3.05) is 6.54 Å². The number of rotatable bonds is 4. The number of carboxylic acids is 2. The largest absolute Gasteiger partial charge is 2.00 e.